The van der Waals surface area contributed by atoms with E-state index < -0.39 is 0 Å². The van der Waals surface area contributed by atoms with E-state index in [1.165, 1.54) is 19.4 Å². The Kier molecular flexibility index (Phi) is 6.64. The van der Waals surface area contributed by atoms with Crippen molar-refractivity contribution < 1.29 is 4.74 Å². The molecule has 1 aromatic carbocycles. The van der Waals surface area contributed by atoms with E-state index >= 15 is 0 Å². The lowest BCUT2D eigenvalue weighted by molar-refractivity contribution is 0.179. The lowest BCUT2D eigenvalue weighted by Gasteiger charge is -2.29. The van der Waals surface area contributed by atoms with Gasteiger partial charge in [0.15, 0.2) is 0 Å². The zero-order valence-corrected chi connectivity index (χ0v) is 13.0. The summed E-state index contributed by atoms with van der Waals surface area (Å²) in [6, 6.07) is 7.65. The molecule has 0 radical (unpaired) electrons. The summed E-state index contributed by atoms with van der Waals surface area (Å²) in [6.45, 7) is 8.43. The summed E-state index contributed by atoms with van der Waals surface area (Å²) in [4.78, 5) is 2.47. The summed E-state index contributed by atoms with van der Waals surface area (Å²) in [5, 5.41) is 4.17. The van der Waals surface area contributed by atoms with E-state index in [9.17, 15) is 0 Å². The van der Waals surface area contributed by atoms with Crippen molar-refractivity contribution in [1.29, 1.82) is 0 Å². The molecular formula is C16H25ClN2O. The number of nitrogens with one attached hydrogen (secondary N) is 1. The SMILES string of the molecule is CCN(CCOc1ccccc1Cl)CC1CCCNC1. The Morgan fingerprint density at radius 3 is 2.95 bits per heavy atom. The predicted molar refractivity (Wildman–Crippen MR) is 84.7 cm³/mol. The van der Waals surface area contributed by atoms with Gasteiger partial charge in [0.25, 0.3) is 0 Å². The maximum Gasteiger partial charge on any atom is 0.137 e. The number of benzene rings is 1. The number of ether oxygens (including phenoxy) is 1. The first kappa shape index (κ1) is 15.6. The Morgan fingerprint density at radius 1 is 1.40 bits per heavy atom. The Labute approximate surface area is 127 Å². The van der Waals surface area contributed by atoms with Gasteiger partial charge >= 0.3 is 0 Å². The maximum atomic E-state index is 6.08. The molecule has 1 aliphatic rings. The highest BCUT2D eigenvalue weighted by molar-refractivity contribution is 6.32. The summed E-state index contributed by atoms with van der Waals surface area (Å²) >= 11 is 6.08. The van der Waals surface area contributed by atoms with Gasteiger partial charge in [-0.15, -0.1) is 0 Å². The average Bonchev–Trinajstić information content (AvgIpc) is 2.49. The molecule has 1 atom stereocenters. The molecule has 0 aliphatic carbocycles. The molecule has 1 N–H and O–H groups in total. The molecule has 0 bridgehead atoms. The third-order valence-corrected chi connectivity index (χ3v) is 4.18. The summed E-state index contributed by atoms with van der Waals surface area (Å²) in [5.74, 6) is 1.56. The topological polar surface area (TPSA) is 24.5 Å². The van der Waals surface area contributed by atoms with Gasteiger partial charge in [0.2, 0.25) is 0 Å². The molecule has 0 saturated carbocycles. The van der Waals surface area contributed by atoms with Crippen LogP contribution in [0.5, 0.6) is 5.75 Å². The molecule has 1 aliphatic heterocycles. The summed E-state index contributed by atoms with van der Waals surface area (Å²) in [5.41, 5.74) is 0. The van der Waals surface area contributed by atoms with Crippen LogP contribution in [0.1, 0.15) is 19.8 Å². The van der Waals surface area contributed by atoms with E-state index in [0.717, 1.165) is 37.8 Å². The molecule has 1 heterocycles. The Morgan fingerprint density at radius 2 is 2.25 bits per heavy atom. The van der Waals surface area contributed by atoms with Crippen molar-refractivity contribution in [2.75, 3.05) is 39.3 Å². The number of halogens is 1. The molecule has 1 saturated heterocycles. The Bertz CT molecular complexity index is 394. The standard InChI is InChI=1S/C16H25ClN2O/c1-2-19(13-14-6-5-9-18-12-14)10-11-20-16-8-4-3-7-15(16)17/h3-4,7-8,14,18H,2,5-6,9-13H2,1H3. The Hall–Kier alpha value is -0.770. The van der Waals surface area contributed by atoms with Crippen LogP contribution < -0.4 is 10.1 Å². The Balaban J connectivity index is 1.72. The third kappa shape index (κ3) is 4.97. The second-order valence-corrected chi connectivity index (χ2v) is 5.79. The number of nitrogens with zero attached hydrogens (tertiary/aromatic N) is 1. The van der Waals surface area contributed by atoms with Gasteiger partial charge < -0.3 is 10.1 Å². The number of likely N-dealkylation sites (N-methyl/N-ethyl adjacent to an activating group) is 1. The van der Waals surface area contributed by atoms with Gasteiger partial charge in [-0.1, -0.05) is 30.7 Å². The van der Waals surface area contributed by atoms with Gasteiger partial charge in [0, 0.05) is 13.1 Å². The summed E-state index contributed by atoms with van der Waals surface area (Å²) < 4.78 is 5.77. The van der Waals surface area contributed by atoms with Crippen LogP contribution >= 0.6 is 11.6 Å². The average molecular weight is 297 g/mol. The number of hydrogen-bond donors (Lipinski definition) is 1. The minimum atomic E-state index is 0.687. The zero-order chi connectivity index (χ0) is 14.2. The van der Waals surface area contributed by atoms with E-state index in [2.05, 4.69) is 17.1 Å². The first-order valence-electron chi connectivity index (χ1n) is 7.60. The van der Waals surface area contributed by atoms with Crippen LogP contribution in [-0.2, 0) is 0 Å². The lowest BCUT2D eigenvalue weighted by atomic mass is 9.99. The fourth-order valence-electron chi connectivity index (χ4n) is 2.67. The monoisotopic (exact) mass is 296 g/mol. The summed E-state index contributed by atoms with van der Waals surface area (Å²) in [6.07, 6.45) is 2.65. The number of rotatable bonds is 7. The second kappa shape index (κ2) is 8.50. The van der Waals surface area contributed by atoms with Crippen molar-refractivity contribution in [3.8, 4) is 5.75 Å². The van der Waals surface area contributed by atoms with Crippen LogP contribution in [0.25, 0.3) is 0 Å². The van der Waals surface area contributed by atoms with Crippen LogP contribution in [0.15, 0.2) is 24.3 Å². The van der Waals surface area contributed by atoms with Gasteiger partial charge in [0.05, 0.1) is 5.02 Å². The molecule has 4 heteroatoms. The van der Waals surface area contributed by atoms with Crippen LogP contribution in [0.3, 0.4) is 0 Å². The minimum Gasteiger partial charge on any atom is -0.491 e. The molecule has 1 unspecified atom stereocenters. The third-order valence-electron chi connectivity index (χ3n) is 3.86. The lowest BCUT2D eigenvalue weighted by Crippen LogP contribution is -2.39. The van der Waals surface area contributed by atoms with Crippen molar-refractivity contribution in [2.24, 2.45) is 5.92 Å². The molecule has 20 heavy (non-hydrogen) atoms. The zero-order valence-electron chi connectivity index (χ0n) is 12.3. The summed E-state index contributed by atoms with van der Waals surface area (Å²) in [7, 11) is 0. The van der Waals surface area contributed by atoms with Gasteiger partial charge in [-0.05, 0) is 50.5 Å². The molecular weight excluding hydrogens is 272 g/mol. The molecule has 1 fully saturated rings. The van der Waals surface area contributed by atoms with Crippen LogP contribution in [0, 0.1) is 5.92 Å². The molecule has 0 amide bonds. The van der Waals surface area contributed by atoms with E-state index in [1.807, 2.05) is 24.3 Å². The second-order valence-electron chi connectivity index (χ2n) is 5.38. The molecule has 3 nitrogen and oxygen atoms in total. The van der Waals surface area contributed by atoms with Crippen molar-refractivity contribution in [1.82, 2.24) is 10.2 Å². The predicted octanol–water partition coefficient (Wildman–Crippen LogP) is 3.04. The van der Waals surface area contributed by atoms with Crippen molar-refractivity contribution >= 4 is 11.6 Å². The minimum absolute atomic E-state index is 0.687. The first-order valence-corrected chi connectivity index (χ1v) is 7.97. The van der Waals surface area contributed by atoms with Crippen LogP contribution in [-0.4, -0.2) is 44.2 Å². The molecule has 0 spiro atoms. The van der Waals surface area contributed by atoms with E-state index in [-0.39, 0.29) is 0 Å². The van der Waals surface area contributed by atoms with Gasteiger partial charge in [0.1, 0.15) is 12.4 Å². The van der Waals surface area contributed by atoms with Gasteiger partial charge in [-0.2, -0.15) is 0 Å². The van der Waals surface area contributed by atoms with E-state index in [1.54, 1.807) is 0 Å². The van der Waals surface area contributed by atoms with Gasteiger partial charge in [-0.3, -0.25) is 4.90 Å². The van der Waals surface area contributed by atoms with Gasteiger partial charge in [-0.25, -0.2) is 0 Å². The molecule has 1 aromatic rings. The molecule has 2 rings (SSSR count). The highest BCUT2D eigenvalue weighted by Crippen LogP contribution is 2.23. The number of hydrogen-bond acceptors (Lipinski definition) is 3. The van der Waals surface area contributed by atoms with E-state index in [4.69, 9.17) is 16.3 Å². The maximum absolute atomic E-state index is 6.08. The number of para-hydroxylation sites is 1. The normalized spacial score (nSPS) is 19.2. The highest BCUT2D eigenvalue weighted by Gasteiger charge is 2.16. The van der Waals surface area contributed by atoms with Crippen LogP contribution in [0.2, 0.25) is 5.02 Å². The van der Waals surface area contributed by atoms with Crippen molar-refractivity contribution in [3.05, 3.63) is 29.3 Å². The fourth-order valence-corrected chi connectivity index (χ4v) is 2.86. The quantitative estimate of drug-likeness (QED) is 0.837. The van der Waals surface area contributed by atoms with Crippen LogP contribution in [0.4, 0.5) is 0 Å². The first-order chi connectivity index (χ1) is 9.79. The van der Waals surface area contributed by atoms with Crippen molar-refractivity contribution in [2.45, 2.75) is 19.8 Å². The largest absolute Gasteiger partial charge is 0.491 e. The molecule has 0 aromatic heterocycles. The number of piperidine rings is 1. The smallest absolute Gasteiger partial charge is 0.137 e. The highest BCUT2D eigenvalue weighted by atomic mass is 35.5. The van der Waals surface area contributed by atoms with E-state index in [0.29, 0.717) is 11.6 Å². The van der Waals surface area contributed by atoms with Crippen molar-refractivity contribution in [3.63, 3.8) is 0 Å². The molecule has 112 valence electrons. The fraction of sp³-hybridized carbons (Fsp3) is 0.625.